The van der Waals surface area contributed by atoms with Crippen LogP contribution in [0.1, 0.15) is 31.7 Å². The van der Waals surface area contributed by atoms with Crippen LogP contribution in [0, 0.1) is 5.92 Å². The number of benzene rings is 1. The lowest BCUT2D eigenvalue weighted by Gasteiger charge is -2.15. The highest BCUT2D eigenvalue weighted by atomic mass is 16.3. The van der Waals surface area contributed by atoms with Crippen molar-refractivity contribution >= 4 is 5.78 Å². The first kappa shape index (κ1) is 10.4. The number of aliphatic hydroxyl groups is 1. The summed E-state index contributed by atoms with van der Waals surface area (Å²) >= 11 is 0. The van der Waals surface area contributed by atoms with E-state index in [-0.39, 0.29) is 11.7 Å². The highest BCUT2D eigenvalue weighted by molar-refractivity contribution is 5.91. The Balaban J connectivity index is 2.06. The summed E-state index contributed by atoms with van der Waals surface area (Å²) < 4.78 is 0. The number of rotatable bonds is 3. The van der Waals surface area contributed by atoms with Crippen molar-refractivity contribution in [3.63, 3.8) is 0 Å². The molecule has 80 valence electrons. The summed E-state index contributed by atoms with van der Waals surface area (Å²) in [7, 11) is 0. The van der Waals surface area contributed by atoms with Gasteiger partial charge in [0.15, 0.2) is 5.78 Å². The summed E-state index contributed by atoms with van der Waals surface area (Å²) in [5.74, 6) is 0.314. The summed E-state index contributed by atoms with van der Waals surface area (Å²) in [5, 5.41) is 9.61. The molecule has 2 nitrogen and oxygen atoms in total. The van der Waals surface area contributed by atoms with Gasteiger partial charge in [-0.15, -0.1) is 0 Å². The van der Waals surface area contributed by atoms with Gasteiger partial charge >= 0.3 is 0 Å². The fourth-order valence-electron chi connectivity index (χ4n) is 2.01. The van der Waals surface area contributed by atoms with Crippen LogP contribution in [-0.4, -0.2) is 16.5 Å². The van der Waals surface area contributed by atoms with E-state index in [0.717, 1.165) is 6.42 Å². The van der Waals surface area contributed by atoms with Crippen molar-refractivity contribution in [2.45, 2.75) is 31.8 Å². The molecular weight excluding hydrogens is 188 g/mol. The fourth-order valence-corrected chi connectivity index (χ4v) is 2.01. The molecule has 1 saturated carbocycles. The van der Waals surface area contributed by atoms with E-state index >= 15 is 0 Å². The maximum atomic E-state index is 11.8. The molecule has 0 bridgehead atoms. The zero-order valence-electron chi connectivity index (χ0n) is 9.10. The molecular formula is C13H16O2. The molecule has 0 amide bonds. The second kappa shape index (κ2) is 3.46. The fraction of sp³-hybridized carbons (Fsp3) is 0.462. The van der Waals surface area contributed by atoms with E-state index in [0.29, 0.717) is 5.92 Å². The summed E-state index contributed by atoms with van der Waals surface area (Å²) in [5.41, 5.74) is 0.0221. The zero-order chi connectivity index (χ0) is 11.1. The van der Waals surface area contributed by atoms with Crippen LogP contribution >= 0.6 is 0 Å². The molecule has 0 unspecified atom stereocenters. The highest BCUT2D eigenvalue weighted by Gasteiger charge is 2.47. The average molecular weight is 204 g/mol. The van der Waals surface area contributed by atoms with Crippen molar-refractivity contribution in [3.05, 3.63) is 35.9 Å². The second-order valence-corrected chi connectivity index (χ2v) is 4.78. The lowest BCUT2D eigenvalue weighted by atomic mass is 9.97. The van der Waals surface area contributed by atoms with Crippen LogP contribution in [0.3, 0.4) is 0 Å². The first-order valence-corrected chi connectivity index (χ1v) is 5.32. The smallest absolute Gasteiger partial charge is 0.167 e. The zero-order valence-corrected chi connectivity index (χ0v) is 9.10. The van der Waals surface area contributed by atoms with Gasteiger partial charge in [0.05, 0.1) is 0 Å². The van der Waals surface area contributed by atoms with Crippen LogP contribution in [0.15, 0.2) is 30.3 Å². The number of carbonyl (C=O) groups is 1. The van der Waals surface area contributed by atoms with Crippen LogP contribution < -0.4 is 0 Å². The quantitative estimate of drug-likeness (QED) is 0.819. The largest absolute Gasteiger partial charge is 0.383 e. The van der Waals surface area contributed by atoms with Crippen LogP contribution in [0.2, 0.25) is 0 Å². The second-order valence-electron chi connectivity index (χ2n) is 4.78. The van der Waals surface area contributed by atoms with Gasteiger partial charge in [-0.1, -0.05) is 30.3 Å². The third kappa shape index (κ3) is 2.10. The third-order valence-electron chi connectivity index (χ3n) is 2.96. The van der Waals surface area contributed by atoms with Gasteiger partial charge in [-0.2, -0.15) is 0 Å². The Morgan fingerprint density at radius 2 is 1.93 bits per heavy atom. The van der Waals surface area contributed by atoms with Crippen molar-refractivity contribution in [3.8, 4) is 0 Å². The van der Waals surface area contributed by atoms with Crippen molar-refractivity contribution in [2.24, 2.45) is 5.92 Å². The molecule has 1 fully saturated rings. The van der Waals surface area contributed by atoms with Gasteiger partial charge < -0.3 is 5.11 Å². The normalized spacial score (nSPS) is 25.0. The Morgan fingerprint density at radius 3 is 2.47 bits per heavy atom. The van der Waals surface area contributed by atoms with Crippen molar-refractivity contribution in [1.82, 2.24) is 0 Å². The minimum absolute atomic E-state index is 0.0207. The molecule has 0 spiro atoms. The Labute approximate surface area is 89.9 Å². The van der Waals surface area contributed by atoms with Crippen molar-refractivity contribution < 1.29 is 9.90 Å². The molecule has 0 heterocycles. The number of ketones is 1. The van der Waals surface area contributed by atoms with E-state index in [1.807, 2.05) is 30.3 Å². The number of hydrogen-bond donors (Lipinski definition) is 1. The van der Waals surface area contributed by atoms with E-state index < -0.39 is 5.60 Å². The first-order chi connectivity index (χ1) is 7.00. The van der Waals surface area contributed by atoms with Crippen LogP contribution in [0.5, 0.6) is 0 Å². The molecule has 0 radical (unpaired) electrons. The van der Waals surface area contributed by atoms with E-state index in [1.54, 1.807) is 13.8 Å². The molecule has 0 aromatic heterocycles. The van der Waals surface area contributed by atoms with E-state index in [2.05, 4.69) is 0 Å². The maximum Gasteiger partial charge on any atom is 0.167 e. The standard InChI is InChI=1S/C13H16O2/c1-13(2,15)12(14)11-8-10(11)9-6-4-3-5-7-9/h3-7,10-11,15H,8H2,1-2H3/t10-,11-/m0/s1. The minimum atomic E-state index is -1.19. The van der Waals surface area contributed by atoms with Crippen LogP contribution in [0.25, 0.3) is 0 Å². The predicted molar refractivity (Wildman–Crippen MR) is 58.6 cm³/mol. The maximum absolute atomic E-state index is 11.8. The summed E-state index contributed by atoms with van der Waals surface area (Å²) in [4.78, 5) is 11.8. The van der Waals surface area contributed by atoms with Gasteiger partial charge in [0, 0.05) is 5.92 Å². The Bertz CT molecular complexity index is 362. The van der Waals surface area contributed by atoms with Gasteiger partial charge in [0.2, 0.25) is 0 Å². The average Bonchev–Trinajstić information content (AvgIpc) is 2.96. The molecule has 1 N–H and O–H groups in total. The summed E-state index contributed by atoms with van der Waals surface area (Å²) in [6.07, 6.45) is 0.882. The number of hydrogen-bond acceptors (Lipinski definition) is 2. The number of carbonyl (C=O) groups excluding carboxylic acids is 1. The molecule has 2 rings (SSSR count). The molecule has 0 saturated heterocycles. The van der Waals surface area contributed by atoms with Gasteiger partial charge in [0.1, 0.15) is 5.60 Å². The van der Waals surface area contributed by atoms with E-state index in [4.69, 9.17) is 0 Å². The summed E-state index contributed by atoms with van der Waals surface area (Å²) in [6.45, 7) is 3.13. The molecule has 1 aliphatic carbocycles. The van der Waals surface area contributed by atoms with Gasteiger partial charge in [0.25, 0.3) is 0 Å². The van der Waals surface area contributed by atoms with E-state index in [1.165, 1.54) is 5.56 Å². The molecule has 15 heavy (non-hydrogen) atoms. The highest BCUT2D eigenvalue weighted by Crippen LogP contribution is 2.49. The lowest BCUT2D eigenvalue weighted by molar-refractivity contribution is -0.135. The topological polar surface area (TPSA) is 37.3 Å². The van der Waals surface area contributed by atoms with E-state index in [9.17, 15) is 9.90 Å². The summed E-state index contributed by atoms with van der Waals surface area (Å²) in [6, 6.07) is 10.0. The van der Waals surface area contributed by atoms with Crippen molar-refractivity contribution in [1.29, 1.82) is 0 Å². The Hall–Kier alpha value is -1.15. The van der Waals surface area contributed by atoms with Crippen molar-refractivity contribution in [2.75, 3.05) is 0 Å². The van der Waals surface area contributed by atoms with Gasteiger partial charge in [-0.05, 0) is 31.7 Å². The Kier molecular flexibility index (Phi) is 2.39. The lowest BCUT2D eigenvalue weighted by Crippen LogP contribution is -2.32. The number of Topliss-reactive ketones (excluding diaryl/α,β-unsaturated/α-hetero) is 1. The molecule has 2 heteroatoms. The molecule has 1 aliphatic rings. The predicted octanol–water partition coefficient (Wildman–Crippen LogP) is 2.13. The third-order valence-corrected chi connectivity index (χ3v) is 2.96. The monoisotopic (exact) mass is 204 g/mol. The SMILES string of the molecule is CC(C)(O)C(=O)[C@H]1C[C@H]1c1ccccc1. The Morgan fingerprint density at radius 1 is 1.33 bits per heavy atom. The van der Waals surface area contributed by atoms with Crippen LogP contribution in [-0.2, 0) is 4.79 Å². The van der Waals surface area contributed by atoms with Gasteiger partial charge in [-0.3, -0.25) is 4.79 Å². The molecule has 2 atom stereocenters. The minimum Gasteiger partial charge on any atom is -0.383 e. The van der Waals surface area contributed by atoms with Crippen LogP contribution in [0.4, 0.5) is 0 Å². The molecule has 1 aromatic rings. The molecule has 0 aliphatic heterocycles. The van der Waals surface area contributed by atoms with Gasteiger partial charge in [-0.25, -0.2) is 0 Å². The first-order valence-electron chi connectivity index (χ1n) is 5.32. The molecule has 1 aromatic carbocycles.